The molecule has 0 saturated carbocycles. The third-order valence-electron chi connectivity index (χ3n) is 5.23. The van der Waals surface area contributed by atoms with Crippen molar-refractivity contribution in [2.45, 2.75) is 18.9 Å². The van der Waals surface area contributed by atoms with Gasteiger partial charge >= 0.3 is 6.03 Å². The standard InChI is InChI=1S/C22H24F2N4O3/c1-22(17-13-15(23)9-10-18(17)24)20(30)28(21(31)26-22)14-19(29)25-11-6-12-27(2)16-7-4-3-5-8-16/h3-5,7-10,13H,6,11-12,14H2,1-2H3,(H,25,29)(H,26,31). The normalized spacial score (nSPS) is 18.1. The van der Waals surface area contributed by atoms with Crippen molar-refractivity contribution in [3.8, 4) is 0 Å². The minimum atomic E-state index is -1.79. The quantitative estimate of drug-likeness (QED) is 0.498. The predicted octanol–water partition coefficient (Wildman–Crippen LogP) is 2.37. The number of carbonyl (C=O) groups is 3. The first-order valence-electron chi connectivity index (χ1n) is 9.85. The molecule has 0 aliphatic carbocycles. The zero-order valence-corrected chi connectivity index (χ0v) is 17.3. The Labute approximate surface area is 179 Å². The second-order valence-electron chi connectivity index (χ2n) is 7.53. The Kier molecular flexibility index (Phi) is 6.53. The molecule has 1 aliphatic heterocycles. The summed E-state index contributed by atoms with van der Waals surface area (Å²) >= 11 is 0. The van der Waals surface area contributed by atoms with Crippen LogP contribution < -0.4 is 15.5 Å². The molecule has 4 amide bonds. The lowest BCUT2D eigenvalue weighted by molar-refractivity contribution is -0.134. The van der Waals surface area contributed by atoms with E-state index in [1.54, 1.807) is 0 Å². The first kappa shape index (κ1) is 22.2. The molecule has 164 valence electrons. The smallest absolute Gasteiger partial charge is 0.325 e. The van der Waals surface area contributed by atoms with E-state index in [9.17, 15) is 23.2 Å². The highest BCUT2D eigenvalue weighted by Gasteiger charge is 2.50. The second kappa shape index (κ2) is 9.11. The molecule has 31 heavy (non-hydrogen) atoms. The molecule has 1 aliphatic rings. The number of carbonyl (C=O) groups excluding carboxylic acids is 3. The molecule has 1 atom stereocenters. The number of urea groups is 1. The van der Waals surface area contributed by atoms with Crippen LogP contribution >= 0.6 is 0 Å². The number of imide groups is 1. The lowest BCUT2D eigenvalue weighted by atomic mass is 9.91. The maximum Gasteiger partial charge on any atom is 0.325 e. The number of hydrogen-bond donors (Lipinski definition) is 2. The summed E-state index contributed by atoms with van der Waals surface area (Å²) in [5.74, 6) is -2.90. The highest BCUT2D eigenvalue weighted by molar-refractivity contribution is 6.09. The third-order valence-corrected chi connectivity index (χ3v) is 5.23. The fourth-order valence-electron chi connectivity index (χ4n) is 3.46. The number of halogens is 2. The fraction of sp³-hybridized carbons (Fsp3) is 0.318. The number of nitrogens with zero attached hydrogens (tertiary/aromatic N) is 2. The van der Waals surface area contributed by atoms with Crippen LogP contribution in [0.5, 0.6) is 0 Å². The Balaban J connectivity index is 1.54. The number of amides is 4. The molecule has 2 aromatic rings. The molecule has 1 heterocycles. The number of benzene rings is 2. The van der Waals surface area contributed by atoms with E-state index >= 15 is 0 Å². The zero-order chi connectivity index (χ0) is 22.6. The molecule has 0 spiro atoms. The van der Waals surface area contributed by atoms with E-state index in [0.717, 1.165) is 23.9 Å². The summed E-state index contributed by atoms with van der Waals surface area (Å²) in [7, 11) is 1.94. The Morgan fingerprint density at radius 3 is 2.58 bits per heavy atom. The molecule has 2 N–H and O–H groups in total. The van der Waals surface area contributed by atoms with Crippen LogP contribution in [0.3, 0.4) is 0 Å². The molecule has 2 aromatic carbocycles. The van der Waals surface area contributed by atoms with Crippen LogP contribution in [0, 0.1) is 11.6 Å². The van der Waals surface area contributed by atoms with Gasteiger partial charge in [0.15, 0.2) is 0 Å². The molecule has 7 nitrogen and oxygen atoms in total. The van der Waals surface area contributed by atoms with Gasteiger partial charge in [0, 0.05) is 31.4 Å². The Morgan fingerprint density at radius 1 is 1.16 bits per heavy atom. The average molecular weight is 430 g/mol. The van der Waals surface area contributed by atoms with Gasteiger partial charge in [0.05, 0.1) is 0 Å². The van der Waals surface area contributed by atoms with E-state index in [-0.39, 0.29) is 5.56 Å². The van der Waals surface area contributed by atoms with Crippen molar-refractivity contribution in [2.75, 3.05) is 31.6 Å². The maximum absolute atomic E-state index is 14.2. The molecular weight excluding hydrogens is 406 g/mol. The summed E-state index contributed by atoms with van der Waals surface area (Å²) in [4.78, 5) is 40.0. The number of para-hydroxylation sites is 1. The first-order valence-corrected chi connectivity index (χ1v) is 9.85. The fourth-order valence-corrected chi connectivity index (χ4v) is 3.46. The van der Waals surface area contributed by atoms with Crippen LogP contribution in [0.1, 0.15) is 18.9 Å². The molecule has 0 bridgehead atoms. The van der Waals surface area contributed by atoms with Gasteiger partial charge in [-0.25, -0.2) is 13.6 Å². The average Bonchev–Trinajstić information content (AvgIpc) is 2.97. The minimum Gasteiger partial charge on any atom is -0.375 e. The molecule has 0 aromatic heterocycles. The Bertz CT molecular complexity index is 986. The van der Waals surface area contributed by atoms with Crippen LogP contribution in [-0.4, -0.2) is 49.4 Å². The van der Waals surface area contributed by atoms with Crippen molar-refractivity contribution in [3.63, 3.8) is 0 Å². The highest BCUT2D eigenvalue weighted by atomic mass is 19.1. The van der Waals surface area contributed by atoms with E-state index in [4.69, 9.17) is 0 Å². The monoisotopic (exact) mass is 430 g/mol. The van der Waals surface area contributed by atoms with Crippen molar-refractivity contribution < 1.29 is 23.2 Å². The minimum absolute atomic E-state index is 0.294. The van der Waals surface area contributed by atoms with Crippen molar-refractivity contribution >= 4 is 23.5 Å². The van der Waals surface area contributed by atoms with Crippen molar-refractivity contribution in [1.82, 2.24) is 15.5 Å². The van der Waals surface area contributed by atoms with E-state index in [1.807, 2.05) is 42.3 Å². The van der Waals surface area contributed by atoms with E-state index in [2.05, 4.69) is 10.6 Å². The summed E-state index contributed by atoms with van der Waals surface area (Å²) in [5.41, 5.74) is -1.03. The topological polar surface area (TPSA) is 81.8 Å². The summed E-state index contributed by atoms with van der Waals surface area (Å²) < 4.78 is 27.7. The molecule has 3 rings (SSSR count). The summed E-state index contributed by atoms with van der Waals surface area (Å²) in [5, 5.41) is 5.04. The lowest BCUT2D eigenvalue weighted by Crippen LogP contribution is -2.44. The Morgan fingerprint density at radius 2 is 1.87 bits per heavy atom. The lowest BCUT2D eigenvalue weighted by Gasteiger charge is -2.22. The summed E-state index contributed by atoms with van der Waals surface area (Å²) in [6, 6.07) is 11.6. The number of anilines is 1. The van der Waals surface area contributed by atoms with Gasteiger partial charge in [-0.05, 0) is 43.7 Å². The Hall–Kier alpha value is -3.49. The van der Waals surface area contributed by atoms with Gasteiger partial charge in [-0.3, -0.25) is 14.5 Å². The van der Waals surface area contributed by atoms with Gasteiger partial charge in [-0.15, -0.1) is 0 Å². The highest BCUT2D eigenvalue weighted by Crippen LogP contribution is 2.31. The van der Waals surface area contributed by atoms with E-state index < -0.39 is 41.6 Å². The van der Waals surface area contributed by atoms with Crippen LogP contribution in [0.2, 0.25) is 0 Å². The van der Waals surface area contributed by atoms with Gasteiger partial charge in [0.2, 0.25) is 5.91 Å². The van der Waals surface area contributed by atoms with Crippen LogP contribution in [0.15, 0.2) is 48.5 Å². The van der Waals surface area contributed by atoms with Crippen molar-refractivity contribution in [2.24, 2.45) is 0 Å². The summed E-state index contributed by atoms with van der Waals surface area (Å²) in [6.45, 7) is 1.83. The molecule has 0 radical (unpaired) electrons. The predicted molar refractivity (Wildman–Crippen MR) is 111 cm³/mol. The van der Waals surface area contributed by atoms with Gasteiger partial charge in [0.1, 0.15) is 23.7 Å². The van der Waals surface area contributed by atoms with E-state index in [1.165, 1.54) is 6.92 Å². The molecule has 1 unspecified atom stereocenters. The van der Waals surface area contributed by atoms with Gasteiger partial charge < -0.3 is 15.5 Å². The summed E-state index contributed by atoms with van der Waals surface area (Å²) in [6.07, 6.45) is 0.656. The zero-order valence-electron chi connectivity index (χ0n) is 17.3. The SMILES string of the molecule is CN(CCCNC(=O)CN1C(=O)NC(C)(c2cc(F)ccc2F)C1=O)c1ccccc1. The van der Waals surface area contributed by atoms with Gasteiger partial charge in [-0.1, -0.05) is 18.2 Å². The van der Waals surface area contributed by atoms with Crippen molar-refractivity contribution in [1.29, 1.82) is 0 Å². The number of nitrogens with one attached hydrogen (secondary N) is 2. The van der Waals surface area contributed by atoms with Gasteiger partial charge in [-0.2, -0.15) is 0 Å². The largest absolute Gasteiger partial charge is 0.375 e. The molecule has 1 fully saturated rings. The van der Waals surface area contributed by atoms with Crippen molar-refractivity contribution in [3.05, 3.63) is 65.7 Å². The van der Waals surface area contributed by atoms with Crippen LogP contribution in [-0.2, 0) is 15.1 Å². The third kappa shape index (κ3) is 4.82. The first-order chi connectivity index (χ1) is 14.7. The molecule has 9 heteroatoms. The maximum atomic E-state index is 14.2. The van der Waals surface area contributed by atoms with Crippen LogP contribution in [0.25, 0.3) is 0 Å². The molecule has 1 saturated heterocycles. The number of hydrogen-bond acceptors (Lipinski definition) is 4. The molecular formula is C22H24F2N4O3. The second-order valence-corrected chi connectivity index (χ2v) is 7.53. The van der Waals surface area contributed by atoms with Gasteiger partial charge in [0.25, 0.3) is 5.91 Å². The van der Waals surface area contributed by atoms with Crippen LogP contribution in [0.4, 0.5) is 19.3 Å². The number of rotatable bonds is 8. The van der Waals surface area contributed by atoms with E-state index in [0.29, 0.717) is 24.4 Å².